The highest BCUT2D eigenvalue weighted by Crippen LogP contribution is 2.16. The number of benzene rings is 3. The second-order valence-electron chi connectivity index (χ2n) is 9.71. The number of carbonyl (C=O) groups excluding carboxylic acids is 1. The fraction of sp³-hybridized carbons (Fsp3) is 0.343. The van der Waals surface area contributed by atoms with Crippen molar-refractivity contribution in [1.29, 1.82) is 0 Å². The second-order valence-corrected chi connectivity index (χ2v) is 9.71. The largest absolute Gasteiger partial charge is 0.494 e. The van der Waals surface area contributed by atoms with Crippen molar-refractivity contribution in [2.24, 2.45) is 0 Å². The zero-order chi connectivity index (χ0) is 26.0. The maximum atomic E-state index is 12.2. The van der Waals surface area contributed by atoms with Gasteiger partial charge in [-0.2, -0.15) is 0 Å². The highest BCUT2D eigenvalue weighted by Gasteiger charge is 2.00. The van der Waals surface area contributed by atoms with E-state index in [0.29, 0.717) is 0 Å². The van der Waals surface area contributed by atoms with Crippen LogP contribution in [0, 0.1) is 0 Å². The van der Waals surface area contributed by atoms with Gasteiger partial charge in [0.05, 0.1) is 6.61 Å². The molecule has 0 radical (unpaired) electrons. The average Bonchev–Trinajstić information content (AvgIpc) is 2.95. The normalized spacial score (nSPS) is 11.0. The number of ether oxygens (including phenoxy) is 1. The summed E-state index contributed by atoms with van der Waals surface area (Å²) in [6, 6.07) is 26.1. The van der Waals surface area contributed by atoms with Crippen LogP contribution in [0.15, 0.2) is 91.5 Å². The molecule has 0 aliphatic carbocycles. The first-order valence-electron chi connectivity index (χ1n) is 14.0. The van der Waals surface area contributed by atoms with E-state index in [-0.39, 0.29) is 5.78 Å². The number of hydrogen-bond donors (Lipinski definition) is 0. The van der Waals surface area contributed by atoms with Gasteiger partial charge in [0, 0.05) is 5.56 Å². The summed E-state index contributed by atoms with van der Waals surface area (Å²) in [5, 5.41) is 0. The number of allylic oxidation sites excluding steroid dienone is 1. The van der Waals surface area contributed by atoms with Gasteiger partial charge in [-0.1, -0.05) is 137 Å². The molecule has 0 saturated carbocycles. The Hall–Kier alpha value is -3.39. The van der Waals surface area contributed by atoms with E-state index in [4.69, 9.17) is 4.74 Å². The molecule has 0 aliphatic rings. The lowest BCUT2D eigenvalue weighted by Crippen LogP contribution is -1.97. The van der Waals surface area contributed by atoms with Gasteiger partial charge in [0.15, 0.2) is 5.78 Å². The van der Waals surface area contributed by atoms with Crippen molar-refractivity contribution in [2.45, 2.75) is 70.6 Å². The number of rotatable bonds is 18. The minimum atomic E-state index is 0.0426. The molecule has 0 spiro atoms. The third-order valence-corrected chi connectivity index (χ3v) is 6.71. The number of ketones is 1. The molecule has 3 rings (SSSR count). The Morgan fingerprint density at radius 1 is 0.649 bits per heavy atom. The van der Waals surface area contributed by atoms with Crippen molar-refractivity contribution >= 4 is 17.9 Å². The van der Waals surface area contributed by atoms with E-state index in [2.05, 4.69) is 30.8 Å². The SMILES string of the molecule is C=Cc1ccc(OCCCCCCCCCCCCc2ccc(/C=C/C(=O)c3ccccc3)cc2)cc1. The zero-order valence-corrected chi connectivity index (χ0v) is 22.2. The molecule has 2 heteroatoms. The van der Waals surface area contributed by atoms with Crippen LogP contribution < -0.4 is 4.74 Å². The lowest BCUT2D eigenvalue weighted by molar-refractivity contribution is 0.104. The lowest BCUT2D eigenvalue weighted by atomic mass is 10.0. The molecule has 0 unspecified atom stereocenters. The van der Waals surface area contributed by atoms with Gasteiger partial charge in [0.2, 0.25) is 0 Å². The summed E-state index contributed by atoms with van der Waals surface area (Å²) in [5.74, 6) is 0.994. The first-order valence-corrected chi connectivity index (χ1v) is 14.0. The third kappa shape index (κ3) is 11.5. The summed E-state index contributed by atoms with van der Waals surface area (Å²) in [5.41, 5.74) is 4.30. The van der Waals surface area contributed by atoms with Gasteiger partial charge in [0.1, 0.15) is 5.75 Å². The summed E-state index contributed by atoms with van der Waals surface area (Å²) in [7, 11) is 0. The monoisotopic (exact) mass is 494 g/mol. The van der Waals surface area contributed by atoms with Crippen LogP contribution >= 0.6 is 0 Å². The van der Waals surface area contributed by atoms with Crippen LogP contribution in [0.5, 0.6) is 5.75 Å². The minimum absolute atomic E-state index is 0.0426. The van der Waals surface area contributed by atoms with Crippen LogP contribution in [0.3, 0.4) is 0 Å². The van der Waals surface area contributed by atoms with Crippen molar-refractivity contribution in [1.82, 2.24) is 0 Å². The molecule has 37 heavy (non-hydrogen) atoms. The molecule has 0 amide bonds. The molecule has 3 aromatic rings. The van der Waals surface area contributed by atoms with Gasteiger partial charge in [0.25, 0.3) is 0 Å². The Morgan fingerprint density at radius 3 is 1.84 bits per heavy atom. The molecule has 0 heterocycles. The predicted molar refractivity (Wildman–Crippen MR) is 158 cm³/mol. The van der Waals surface area contributed by atoms with Crippen LogP contribution in [-0.2, 0) is 6.42 Å². The van der Waals surface area contributed by atoms with E-state index in [9.17, 15) is 4.79 Å². The Kier molecular flexibility index (Phi) is 13.1. The Morgan fingerprint density at radius 2 is 1.22 bits per heavy atom. The van der Waals surface area contributed by atoms with Gasteiger partial charge in [-0.05, 0) is 54.2 Å². The summed E-state index contributed by atoms with van der Waals surface area (Å²) in [4.78, 5) is 12.2. The molecule has 0 aromatic heterocycles. The molecule has 0 aliphatic heterocycles. The van der Waals surface area contributed by atoms with Crippen molar-refractivity contribution in [3.63, 3.8) is 0 Å². The van der Waals surface area contributed by atoms with Gasteiger partial charge >= 0.3 is 0 Å². The van der Waals surface area contributed by atoms with Gasteiger partial charge in [-0.3, -0.25) is 4.79 Å². The maximum absolute atomic E-state index is 12.2. The van der Waals surface area contributed by atoms with Crippen LogP contribution in [0.4, 0.5) is 0 Å². The van der Waals surface area contributed by atoms with E-state index in [1.807, 2.05) is 66.7 Å². The summed E-state index contributed by atoms with van der Waals surface area (Å²) >= 11 is 0. The molecule has 194 valence electrons. The minimum Gasteiger partial charge on any atom is -0.494 e. The van der Waals surface area contributed by atoms with Crippen molar-refractivity contribution < 1.29 is 9.53 Å². The fourth-order valence-electron chi connectivity index (χ4n) is 4.40. The highest BCUT2D eigenvalue weighted by atomic mass is 16.5. The standard InChI is InChI=1S/C35H42O2/c1-2-30-23-26-34(27-24-30)37-29-15-10-8-6-4-3-5-7-9-12-16-31-19-21-32(22-20-31)25-28-35(36)33-17-13-11-14-18-33/h2,11,13-14,17-28H,1,3-10,12,15-16,29H2/b28-25+. The van der Waals surface area contributed by atoms with Crippen LogP contribution in [0.1, 0.15) is 91.3 Å². The molecule has 0 atom stereocenters. The van der Waals surface area contributed by atoms with Crippen molar-refractivity contribution in [3.8, 4) is 5.75 Å². The fourth-order valence-corrected chi connectivity index (χ4v) is 4.40. The maximum Gasteiger partial charge on any atom is 0.185 e. The number of unbranched alkanes of at least 4 members (excludes halogenated alkanes) is 9. The van der Waals surface area contributed by atoms with Crippen LogP contribution in [0.2, 0.25) is 0 Å². The van der Waals surface area contributed by atoms with Gasteiger partial charge < -0.3 is 4.74 Å². The second kappa shape index (κ2) is 17.1. The van der Waals surface area contributed by atoms with E-state index < -0.39 is 0 Å². The molecule has 0 fully saturated rings. The van der Waals surface area contributed by atoms with Crippen molar-refractivity contribution in [3.05, 3.63) is 114 Å². The Bertz CT molecular complexity index is 1060. The average molecular weight is 495 g/mol. The summed E-state index contributed by atoms with van der Waals surface area (Å²) in [6.45, 7) is 4.58. The molecular weight excluding hydrogens is 452 g/mol. The van der Waals surface area contributed by atoms with Crippen molar-refractivity contribution in [2.75, 3.05) is 6.61 Å². The number of hydrogen-bond acceptors (Lipinski definition) is 2. The van der Waals surface area contributed by atoms with Crippen LogP contribution in [-0.4, -0.2) is 12.4 Å². The third-order valence-electron chi connectivity index (χ3n) is 6.71. The summed E-state index contributed by atoms with van der Waals surface area (Å²) in [6.07, 6.45) is 19.5. The van der Waals surface area contributed by atoms with Gasteiger partial charge in [-0.15, -0.1) is 0 Å². The Balaban J connectivity index is 1.14. The van der Waals surface area contributed by atoms with E-state index >= 15 is 0 Å². The molecule has 0 saturated heterocycles. The predicted octanol–water partition coefficient (Wildman–Crippen LogP) is 9.75. The summed E-state index contributed by atoms with van der Waals surface area (Å²) < 4.78 is 5.81. The molecule has 0 N–H and O–H groups in total. The number of carbonyl (C=O) groups is 1. The lowest BCUT2D eigenvalue weighted by Gasteiger charge is -2.06. The first kappa shape index (κ1) is 28.2. The van der Waals surface area contributed by atoms with E-state index in [1.54, 1.807) is 6.08 Å². The zero-order valence-electron chi connectivity index (χ0n) is 22.2. The Labute approximate surface area is 224 Å². The molecule has 2 nitrogen and oxygen atoms in total. The molecule has 0 bridgehead atoms. The first-order chi connectivity index (χ1) is 18.2. The molecular formula is C35H42O2. The van der Waals surface area contributed by atoms with E-state index in [1.165, 1.54) is 63.4 Å². The van der Waals surface area contributed by atoms with E-state index in [0.717, 1.165) is 41.9 Å². The van der Waals surface area contributed by atoms with Gasteiger partial charge in [-0.25, -0.2) is 0 Å². The highest BCUT2D eigenvalue weighted by molar-refractivity contribution is 6.06. The smallest absolute Gasteiger partial charge is 0.185 e. The topological polar surface area (TPSA) is 26.3 Å². The quantitative estimate of drug-likeness (QED) is 0.0999. The van der Waals surface area contributed by atoms with Crippen LogP contribution in [0.25, 0.3) is 12.2 Å². The molecule has 3 aromatic carbocycles. The number of aryl methyl sites for hydroxylation is 1.